The fourth-order valence-corrected chi connectivity index (χ4v) is 2.15. The summed E-state index contributed by atoms with van der Waals surface area (Å²) in [6, 6.07) is 2.46. The van der Waals surface area contributed by atoms with Crippen molar-refractivity contribution >= 4 is 5.91 Å². The summed E-state index contributed by atoms with van der Waals surface area (Å²) in [7, 11) is 1.84. The molecule has 1 rings (SSSR count). The molecule has 19 heavy (non-hydrogen) atoms. The molecule has 1 atom stereocenters. The SMILES string of the molecule is CCNC(c1ccn(CC(=O)N(C)CC)c1)C(C)C. The highest BCUT2D eigenvalue weighted by Gasteiger charge is 2.16. The molecule has 0 saturated heterocycles. The zero-order valence-electron chi connectivity index (χ0n) is 12.8. The molecule has 0 saturated carbocycles. The van der Waals surface area contributed by atoms with Gasteiger partial charge in [0.25, 0.3) is 0 Å². The van der Waals surface area contributed by atoms with Gasteiger partial charge >= 0.3 is 0 Å². The van der Waals surface area contributed by atoms with E-state index < -0.39 is 0 Å². The molecule has 108 valence electrons. The number of amides is 1. The molecule has 0 aromatic carbocycles. The third kappa shape index (κ3) is 4.39. The van der Waals surface area contributed by atoms with Crippen LogP contribution in [0.15, 0.2) is 18.5 Å². The molecule has 4 heteroatoms. The van der Waals surface area contributed by atoms with Gasteiger partial charge in [-0.25, -0.2) is 0 Å². The lowest BCUT2D eigenvalue weighted by atomic mass is 9.98. The Labute approximate surface area is 116 Å². The maximum Gasteiger partial charge on any atom is 0.242 e. The van der Waals surface area contributed by atoms with Crippen LogP contribution in [0.1, 0.15) is 39.3 Å². The number of hydrogen-bond donors (Lipinski definition) is 1. The van der Waals surface area contributed by atoms with Gasteiger partial charge in [-0.15, -0.1) is 0 Å². The number of likely N-dealkylation sites (N-methyl/N-ethyl adjacent to an activating group) is 1. The monoisotopic (exact) mass is 265 g/mol. The second kappa shape index (κ2) is 7.34. The van der Waals surface area contributed by atoms with Crippen LogP contribution in [-0.2, 0) is 11.3 Å². The van der Waals surface area contributed by atoms with Gasteiger partial charge in [0, 0.05) is 32.0 Å². The zero-order chi connectivity index (χ0) is 14.4. The first-order valence-corrected chi connectivity index (χ1v) is 7.12. The lowest BCUT2D eigenvalue weighted by Gasteiger charge is -2.20. The molecule has 0 bridgehead atoms. The van der Waals surface area contributed by atoms with Crippen molar-refractivity contribution in [3.8, 4) is 0 Å². The summed E-state index contributed by atoms with van der Waals surface area (Å²) < 4.78 is 1.97. The number of rotatable bonds is 7. The summed E-state index contributed by atoms with van der Waals surface area (Å²) in [5.41, 5.74) is 1.25. The number of aromatic nitrogens is 1. The molecule has 1 aromatic heterocycles. The molecule has 0 aliphatic rings. The summed E-state index contributed by atoms with van der Waals surface area (Å²) in [5.74, 6) is 0.680. The Hall–Kier alpha value is -1.29. The first-order chi connectivity index (χ1) is 8.99. The van der Waals surface area contributed by atoms with Crippen LogP contribution in [0.2, 0.25) is 0 Å². The summed E-state index contributed by atoms with van der Waals surface area (Å²) in [6.07, 6.45) is 4.07. The van der Waals surface area contributed by atoms with E-state index in [1.807, 2.05) is 24.7 Å². The molecule has 1 amide bonds. The molecule has 0 aliphatic carbocycles. The van der Waals surface area contributed by atoms with E-state index in [0.717, 1.165) is 13.1 Å². The first-order valence-electron chi connectivity index (χ1n) is 7.12. The van der Waals surface area contributed by atoms with Gasteiger partial charge in [0.1, 0.15) is 6.54 Å². The highest BCUT2D eigenvalue weighted by atomic mass is 16.2. The van der Waals surface area contributed by atoms with Gasteiger partial charge in [0.15, 0.2) is 0 Å². The quantitative estimate of drug-likeness (QED) is 0.821. The smallest absolute Gasteiger partial charge is 0.242 e. The van der Waals surface area contributed by atoms with E-state index >= 15 is 0 Å². The molecule has 1 unspecified atom stereocenters. The molecule has 1 N–H and O–H groups in total. The number of carbonyl (C=O) groups is 1. The molecule has 0 spiro atoms. The highest BCUT2D eigenvalue weighted by molar-refractivity contribution is 5.75. The topological polar surface area (TPSA) is 37.3 Å². The fourth-order valence-electron chi connectivity index (χ4n) is 2.15. The molecule has 4 nitrogen and oxygen atoms in total. The van der Waals surface area contributed by atoms with Crippen molar-refractivity contribution in [2.75, 3.05) is 20.1 Å². The molecule has 0 aliphatic heterocycles. The van der Waals surface area contributed by atoms with Gasteiger partial charge in [0.05, 0.1) is 0 Å². The summed E-state index contributed by atoms with van der Waals surface area (Å²) in [5, 5.41) is 3.49. The van der Waals surface area contributed by atoms with Crippen LogP contribution in [0.3, 0.4) is 0 Å². The van der Waals surface area contributed by atoms with Crippen molar-refractivity contribution in [1.82, 2.24) is 14.8 Å². The number of nitrogens with one attached hydrogen (secondary N) is 1. The van der Waals surface area contributed by atoms with Crippen LogP contribution in [0, 0.1) is 5.92 Å². The van der Waals surface area contributed by atoms with Crippen molar-refractivity contribution in [2.45, 2.75) is 40.3 Å². The van der Waals surface area contributed by atoms with E-state index in [0.29, 0.717) is 18.5 Å². The Kier molecular flexibility index (Phi) is 6.09. The van der Waals surface area contributed by atoms with E-state index in [9.17, 15) is 4.79 Å². The Morgan fingerprint density at radius 1 is 1.42 bits per heavy atom. The summed E-state index contributed by atoms with van der Waals surface area (Å²) >= 11 is 0. The first kappa shape index (κ1) is 15.8. The predicted octanol–water partition coefficient (Wildman–Crippen LogP) is 2.27. The number of carbonyl (C=O) groups excluding carboxylic acids is 1. The molecule has 0 fully saturated rings. The Bertz CT molecular complexity index is 398. The van der Waals surface area contributed by atoms with Crippen molar-refractivity contribution in [1.29, 1.82) is 0 Å². The summed E-state index contributed by atoms with van der Waals surface area (Å²) in [4.78, 5) is 13.6. The van der Waals surface area contributed by atoms with Crippen molar-refractivity contribution in [3.05, 3.63) is 24.0 Å². The Balaban J connectivity index is 2.73. The molecular weight excluding hydrogens is 238 g/mol. The maximum absolute atomic E-state index is 11.9. The Morgan fingerprint density at radius 2 is 2.11 bits per heavy atom. The highest BCUT2D eigenvalue weighted by Crippen LogP contribution is 2.21. The zero-order valence-corrected chi connectivity index (χ0v) is 12.8. The van der Waals surface area contributed by atoms with Crippen LogP contribution < -0.4 is 5.32 Å². The summed E-state index contributed by atoms with van der Waals surface area (Å²) in [6.45, 7) is 10.6. The van der Waals surface area contributed by atoms with Crippen molar-refractivity contribution < 1.29 is 4.79 Å². The number of nitrogens with zero attached hydrogens (tertiary/aromatic N) is 2. The molecular formula is C15H27N3O. The predicted molar refractivity (Wildman–Crippen MR) is 79.0 cm³/mol. The largest absolute Gasteiger partial charge is 0.345 e. The normalized spacial score (nSPS) is 12.7. The van der Waals surface area contributed by atoms with Gasteiger partial charge in [0.2, 0.25) is 5.91 Å². The van der Waals surface area contributed by atoms with Crippen LogP contribution in [0.5, 0.6) is 0 Å². The third-order valence-corrected chi connectivity index (χ3v) is 3.44. The lowest BCUT2D eigenvalue weighted by Crippen LogP contribution is -2.29. The minimum atomic E-state index is 0.147. The van der Waals surface area contributed by atoms with Gasteiger partial charge in [-0.05, 0) is 31.0 Å². The molecule has 0 radical (unpaired) electrons. The lowest BCUT2D eigenvalue weighted by molar-refractivity contribution is -0.130. The standard InChI is InChI=1S/C15H27N3O/c1-6-16-15(12(3)4)13-8-9-18(10-13)11-14(19)17(5)7-2/h8-10,12,15-16H,6-7,11H2,1-5H3. The van der Waals surface area contributed by atoms with E-state index in [1.54, 1.807) is 4.90 Å². The van der Waals surface area contributed by atoms with Crippen molar-refractivity contribution in [3.63, 3.8) is 0 Å². The van der Waals surface area contributed by atoms with Gasteiger partial charge in [-0.1, -0.05) is 20.8 Å². The average Bonchev–Trinajstić information content (AvgIpc) is 2.82. The van der Waals surface area contributed by atoms with Gasteiger partial charge < -0.3 is 14.8 Å². The van der Waals surface area contributed by atoms with Crippen LogP contribution in [0.25, 0.3) is 0 Å². The minimum Gasteiger partial charge on any atom is -0.345 e. The van der Waals surface area contributed by atoms with E-state index in [2.05, 4.69) is 38.4 Å². The van der Waals surface area contributed by atoms with E-state index in [-0.39, 0.29) is 5.91 Å². The fraction of sp³-hybridized carbons (Fsp3) is 0.667. The molecule has 1 heterocycles. The third-order valence-electron chi connectivity index (χ3n) is 3.44. The van der Waals surface area contributed by atoms with Crippen molar-refractivity contribution in [2.24, 2.45) is 5.92 Å². The van der Waals surface area contributed by atoms with E-state index in [4.69, 9.17) is 0 Å². The van der Waals surface area contributed by atoms with Gasteiger partial charge in [-0.2, -0.15) is 0 Å². The van der Waals surface area contributed by atoms with Crippen LogP contribution in [0.4, 0.5) is 0 Å². The van der Waals surface area contributed by atoms with E-state index in [1.165, 1.54) is 5.56 Å². The van der Waals surface area contributed by atoms with Crippen LogP contribution in [-0.4, -0.2) is 35.5 Å². The molecule has 1 aromatic rings. The average molecular weight is 265 g/mol. The maximum atomic E-state index is 11.9. The minimum absolute atomic E-state index is 0.147. The van der Waals surface area contributed by atoms with Crippen LogP contribution >= 0.6 is 0 Å². The number of hydrogen-bond acceptors (Lipinski definition) is 2. The second-order valence-electron chi connectivity index (χ2n) is 5.30. The Morgan fingerprint density at radius 3 is 2.63 bits per heavy atom. The van der Waals surface area contributed by atoms with Gasteiger partial charge in [-0.3, -0.25) is 4.79 Å². The second-order valence-corrected chi connectivity index (χ2v) is 5.30.